The minimum atomic E-state index is -1.84. The lowest BCUT2D eigenvalue weighted by molar-refractivity contribution is -0.131. The number of carbonyl (C=O) groups is 2. The Balaban J connectivity index is 3.20. The second kappa shape index (κ2) is 4.80. The molecule has 0 saturated carbocycles. The van der Waals surface area contributed by atoms with E-state index in [2.05, 4.69) is 4.74 Å². The number of hydrogen-bond acceptors (Lipinski definition) is 3. The number of ether oxygens (including phenoxy) is 1. The molecule has 0 unspecified atom stereocenters. The van der Waals surface area contributed by atoms with E-state index in [9.17, 15) is 18.4 Å². The summed E-state index contributed by atoms with van der Waals surface area (Å²) in [6.07, 6.45) is 0. The van der Waals surface area contributed by atoms with Crippen molar-refractivity contribution in [2.24, 2.45) is 0 Å². The van der Waals surface area contributed by atoms with E-state index in [1.165, 1.54) is 7.11 Å². The lowest BCUT2D eigenvalue weighted by Gasteiger charge is -2.05. The van der Waals surface area contributed by atoms with Gasteiger partial charge in [-0.2, -0.15) is 0 Å². The Labute approximate surface area is 89.5 Å². The number of methoxy groups -OCH3 is 1. The van der Waals surface area contributed by atoms with Crippen LogP contribution in [0.1, 0.15) is 15.9 Å². The largest absolute Gasteiger partial charge is 0.475 e. The molecule has 0 aliphatic carbocycles. The molecule has 1 aromatic rings. The smallest absolute Gasteiger partial charge is 0.377 e. The Morgan fingerprint density at radius 3 is 2.44 bits per heavy atom. The molecule has 1 rings (SSSR count). The summed E-state index contributed by atoms with van der Waals surface area (Å²) in [5.41, 5.74) is -0.883. The first-order valence-corrected chi connectivity index (χ1v) is 4.21. The second-order valence-corrected chi connectivity index (χ2v) is 2.99. The van der Waals surface area contributed by atoms with E-state index in [1.54, 1.807) is 0 Å². The second-order valence-electron chi connectivity index (χ2n) is 2.99. The number of aliphatic carboxylic acids is 1. The first-order valence-electron chi connectivity index (χ1n) is 4.21. The monoisotopic (exact) mass is 230 g/mol. The summed E-state index contributed by atoms with van der Waals surface area (Å²) in [6, 6.07) is 1.30. The van der Waals surface area contributed by atoms with Crippen LogP contribution in [0.2, 0.25) is 0 Å². The maximum absolute atomic E-state index is 13.3. The van der Waals surface area contributed by atoms with E-state index in [0.717, 1.165) is 6.07 Å². The van der Waals surface area contributed by atoms with Gasteiger partial charge in [-0.3, -0.25) is 4.79 Å². The van der Waals surface area contributed by atoms with Crippen LogP contribution in [0, 0.1) is 11.6 Å². The standard InChI is InChI=1S/C10H8F2O4/c1-16-4-5-2-8(12)6(3-7(5)11)9(13)10(14)15/h2-3H,4H2,1H3,(H,14,15). The first kappa shape index (κ1) is 12.3. The van der Waals surface area contributed by atoms with Gasteiger partial charge in [0.05, 0.1) is 12.2 Å². The van der Waals surface area contributed by atoms with Gasteiger partial charge in [0.1, 0.15) is 11.6 Å². The zero-order valence-corrected chi connectivity index (χ0v) is 8.29. The molecule has 0 aliphatic heterocycles. The van der Waals surface area contributed by atoms with Gasteiger partial charge in [0.25, 0.3) is 5.78 Å². The topological polar surface area (TPSA) is 63.6 Å². The highest BCUT2D eigenvalue weighted by Crippen LogP contribution is 2.16. The number of rotatable bonds is 4. The molecular formula is C10H8F2O4. The molecule has 0 spiro atoms. The number of ketones is 1. The molecule has 1 aromatic carbocycles. The van der Waals surface area contributed by atoms with Crippen molar-refractivity contribution >= 4 is 11.8 Å². The molecule has 0 aliphatic rings. The van der Waals surface area contributed by atoms with Crippen molar-refractivity contribution < 1.29 is 28.2 Å². The summed E-state index contributed by atoms with van der Waals surface area (Å²) in [6.45, 7) is -0.162. The van der Waals surface area contributed by atoms with Gasteiger partial charge in [-0.05, 0) is 12.1 Å². The summed E-state index contributed by atoms with van der Waals surface area (Å²) < 4.78 is 31.1. The summed E-state index contributed by atoms with van der Waals surface area (Å²) >= 11 is 0. The Bertz CT molecular complexity index is 443. The Morgan fingerprint density at radius 1 is 1.31 bits per heavy atom. The highest BCUT2D eigenvalue weighted by Gasteiger charge is 2.21. The number of carboxylic acid groups (broad SMARTS) is 1. The molecule has 16 heavy (non-hydrogen) atoms. The van der Waals surface area contributed by atoms with Gasteiger partial charge in [-0.25, -0.2) is 13.6 Å². The normalized spacial score (nSPS) is 10.2. The number of Topliss-reactive ketones (excluding diaryl/α,β-unsaturated/α-hetero) is 1. The molecule has 0 fully saturated rings. The molecule has 0 aromatic heterocycles. The molecule has 6 heteroatoms. The molecule has 86 valence electrons. The minimum Gasteiger partial charge on any atom is -0.475 e. The molecule has 1 N–H and O–H groups in total. The van der Waals surface area contributed by atoms with Gasteiger partial charge >= 0.3 is 5.97 Å². The maximum atomic E-state index is 13.3. The molecule has 0 saturated heterocycles. The van der Waals surface area contributed by atoms with E-state index < -0.39 is 29.0 Å². The fourth-order valence-corrected chi connectivity index (χ4v) is 1.14. The van der Waals surface area contributed by atoms with Crippen molar-refractivity contribution in [3.05, 3.63) is 34.9 Å². The summed E-state index contributed by atoms with van der Waals surface area (Å²) in [5.74, 6) is -5.29. The van der Waals surface area contributed by atoms with E-state index in [-0.39, 0.29) is 12.2 Å². The van der Waals surface area contributed by atoms with Crippen molar-refractivity contribution in [1.29, 1.82) is 0 Å². The number of hydrogen-bond donors (Lipinski definition) is 1. The average Bonchev–Trinajstić information content (AvgIpc) is 2.22. The predicted octanol–water partition coefficient (Wildman–Crippen LogP) is 1.38. The van der Waals surface area contributed by atoms with Crippen LogP contribution in [-0.2, 0) is 16.1 Å². The van der Waals surface area contributed by atoms with E-state index in [0.29, 0.717) is 6.07 Å². The van der Waals surface area contributed by atoms with E-state index >= 15 is 0 Å². The van der Waals surface area contributed by atoms with Gasteiger partial charge in [-0.15, -0.1) is 0 Å². The summed E-state index contributed by atoms with van der Waals surface area (Å²) in [7, 11) is 1.30. The van der Waals surface area contributed by atoms with Crippen LogP contribution in [0.25, 0.3) is 0 Å². The van der Waals surface area contributed by atoms with Crippen molar-refractivity contribution in [1.82, 2.24) is 0 Å². The quantitative estimate of drug-likeness (QED) is 0.626. The Kier molecular flexibility index (Phi) is 3.68. The molecule has 0 heterocycles. The summed E-state index contributed by atoms with van der Waals surface area (Å²) in [5, 5.41) is 8.36. The van der Waals surface area contributed by atoms with Crippen molar-refractivity contribution in [2.45, 2.75) is 6.61 Å². The van der Waals surface area contributed by atoms with Crippen LogP contribution in [0.15, 0.2) is 12.1 Å². The molecule has 0 amide bonds. The number of halogens is 2. The SMILES string of the molecule is COCc1cc(F)c(C(=O)C(=O)O)cc1F. The Hall–Kier alpha value is -1.82. The van der Waals surface area contributed by atoms with E-state index in [4.69, 9.17) is 5.11 Å². The van der Waals surface area contributed by atoms with Crippen LogP contribution >= 0.6 is 0 Å². The fraction of sp³-hybridized carbons (Fsp3) is 0.200. The highest BCUT2D eigenvalue weighted by molar-refractivity contribution is 6.39. The lowest BCUT2D eigenvalue weighted by atomic mass is 10.1. The summed E-state index contributed by atoms with van der Waals surface area (Å²) in [4.78, 5) is 21.3. The van der Waals surface area contributed by atoms with E-state index in [1.807, 2.05) is 0 Å². The zero-order valence-electron chi connectivity index (χ0n) is 8.29. The zero-order chi connectivity index (χ0) is 12.3. The van der Waals surface area contributed by atoms with Crippen LogP contribution in [0.3, 0.4) is 0 Å². The molecule has 0 atom stereocenters. The van der Waals surface area contributed by atoms with Crippen LogP contribution in [-0.4, -0.2) is 24.0 Å². The van der Waals surface area contributed by atoms with Crippen molar-refractivity contribution in [3.8, 4) is 0 Å². The van der Waals surface area contributed by atoms with Gasteiger partial charge in [0, 0.05) is 12.7 Å². The number of carboxylic acids is 1. The molecule has 4 nitrogen and oxygen atoms in total. The van der Waals surface area contributed by atoms with Crippen LogP contribution in [0.5, 0.6) is 0 Å². The lowest BCUT2D eigenvalue weighted by Crippen LogP contribution is -2.15. The third-order valence-electron chi connectivity index (χ3n) is 1.87. The van der Waals surface area contributed by atoms with Gasteiger partial charge < -0.3 is 9.84 Å². The third kappa shape index (κ3) is 2.40. The van der Waals surface area contributed by atoms with Crippen LogP contribution < -0.4 is 0 Å². The molecular weight excluding hydrogens is 222 g/mol. The van der Waals surface area contributed by atoms with Gasteiger partial charge in [0.15, 0.2) is 0 Å². The highest BCUT2D eigenvalue weighted by atomic mass is 19.1. The third-order valence-corrected chi connectivity index (χ3v) is 1.87. The first-order chi connectivity index (χ1) is 7.47. The van der Waals surface area contributed by atoms with Crippen molar-refractivity contribution in [2.75, 3.05) is 7.11 Å². The molecule has 0 radical (unpaired) electrons. The Morgan fingerprint density at radius 2 is 1.94 bits per heavy atom. The van der Waals surface area contributed by atoms with Gasteiger partial charge in [-0.1, -0.05) is 0 Å². The van der Waals surface area contributed by atoms with Gasteiger partial charge in [0.2, 0.25) is 0 Å². The maximum Gasteiger partial charge on any atom is 0.377 e. The van der Waals surface area contributed by atoms with Crippen LogP contribution in [0.4, 0.5) is 8.78 Å². The number of benzene rings is 1. The fourth-order valence-electron chi connectivity index (χ4n) is 1.14. The predicted molar refractivity (Wildman–Crippen MR) is 49.0 cm³/mol. The van der Waals surface area contributed by atoms with Crippen molar-refractivity contribution in [3.63, 3.8) is 0 Å². The minimum absolute atomic E-state index is 0.0815. The molecule has 0 bridgehead atoms. The number of carbonyl (C=O) groups excluding carboxylic acids is 1. The average molecular weight is 230 g/mol.